The minimum atomic E-state index is -0.175. The van der Waals surface area contributed by atoms with E-state index >= 15 is 0 Å². The number of hydrogen-bond donors (Lipinski definition) is 1. The molecule has 6 heteroatoms. The molecule has 27 heavy (non-hydrogen) atoms. The van der Waals surface area contributed by atoms with Crippen LogP contribution in [0.25, 0.3) is 0 Å². The lowest BCUT2D eigenvalue weighted by atomic mass is 9.98. The summed E-state index contributed by atoms with van der Waals surface area (Å²) in [5, 5.41) is 0. The zero-order valence-corrected chi connectivity index (χ0v) is 16.6. The number of rotatable bonds is 8. The Kier molecular flexibility index (Phi) is 7.64. The third kappa shape index (κ3) is 5.51. The highest BCUT2D eigenvalue weighted by molar-refractivity contribution is 5.79. The second-order valence-corrected chi connectivity index (χ2v) is 7.71. The number of likely N-dealkylation sites (tertiary alicyclic amines) is 1. The smallest absolute Gasteiger partial charge is 0.234 e. The Morgan fingerprint density at radius 2 is 1.89 bits per heavy atom. The minimum Gasteiger partial charge on any atom is -0.383 e. The molecule has 2 unspecified atom stereocenters. The van der Waals surface area contributed by atoms with E-state index in [1.54, 1.807) is 7.11 Å². The lowest BCUT2D eigenvalue weighted by molar-refractivity contribution is -0.124. The fourth-order valence-electron chi connectivity index (χ4n) is 4.38. The number of benzene rings is 1. The maximum Gasteiger partial charge on any atom is 0.234 e. The van der Waals surface area contributed by atoms with E-state index in [0.29, 0.717) is 6.04 Å². The molecule has 0 spiro atoms. The summed E-state index contributed by atoms with van der Waals surface area (Å²) in [6, 6.07) is 10.9. The highest BCUT2D eigenvalue weighted by atomic mass is 16.5. The van der Waals surface area contributed by atoms with Crippen molar-refractivity contribution in [3.8, 4) is 0 Å². The molecule has 0 bridgehead atoms. The van der Waals surface area contributed by atoms with Gasteiger partial charge in [0, 0.05) is 52.4 Å². The Labute approximate surface area is 163 Å². The van der Waals surface area contributed by atoms with Crippen molar-refractivity contribution in [2.45, 2.75) is 31.3 Å². The summed E-state index contributed by atoms with van der Waals surface area (Å²) in [6.45, 7) is 7.82. The Balaban J connectivity index is 1.70. The Hall–Kier alpha value is -1.47. The predicted octanol–water partition coefficient (Wildman–Crippen LogP) is 1.33. The molecule has 2 saturated heterocycles. The molecule has 2 atom stereocenters. The fraction of sp³-hybridized carbons (Fsp3) is 0.667. The summed E-state index contributed by atoms with van der Waals surface area (Å²) in [5.74, 6) is -0.175. The van der Waals surface area contributed by atoms with Crippen molar-refractivity contribution in [3.05, 3.63) is 35.9 Å². The molecule has 3 rings (SSSR count). The summed E-state index contributed by atoms with van der Waals surface area (Å²) in [5.41, 5.74) is 7.03. The molecule has 2 N–H and O–H groups in total. The van der Waals surface area contributed by atoms with Crippen LogP contribution in [-0.4, -0.2) is 86.2 Å². The first-order chi connectivity index (χ1) is 13.2. The summed E-state index contributed by atoms with van der Waals surface area (Å²) in [7, 11) is 1.76. The van der Waals surface area contributed by atoms with Crippen LogP contribution in [0.15, 0.2) is 30.3 Å². The maximum atomic E-state index is 12.0. The second kappa shape index (κ2) is 10.2. The number of carbonyl (C=O) groups is 1. The molecule has 0 aromatic heterocycles. The van der Waals surface area contributed by atoms with Crippen molar-refractivity contribution < 1.29 is 9.53 Å². The maximum absolute atomic E-state index is 12.0. The van der Waals surface area contributed by atoms with Gasteiger partial charge in [0.2, 0.25) is 5.91 Å². The van der Waals surface area contributed by atoms with Crippen LogP contribution in [0.3, 0.4) is 0 Å². The monoisotopic (exact) mass is 374 g/mol. The SMILES string of the molecule is COCCN1CCN(C(CN2CCCCC2C(N)=O)c2ccccc2)CC1. The van der Waals surface area contributed by atoms with Crippen LogP contribution in [0.4, 0.5) is 0 Å². The van der Waals surface area contributed by atoms with E-state index in [-0.39, 0.29) is 11.9 Å². The fourth-order valence-corrected chi connectivity index (χ4v) is 4.38. The van der Waals surface area contributed by atoms with Gasteiger partial charge in [0.25, 0.3) is 0 Å². The molecule has 150 valence electrons. The van der Waals surface area contributed by atoms with E-state index < -0.39 is 0 Å². The van der Waals surface area contributed by atoms with Gasteiger partial charge in [-0.15, -0.1) is 0 Å². The zero-order chi connectivity index (χ0) is 19.1. The average Bonchev–Trinajstić information content (AvgIpc) is 2.72. The number of methoxy groups -OCH3 is 1. The molecule has 2 fully saturated rings. The summed E-state index contributed by atoms with van der Waals surface area (Å²) in [4.78, 5) is 19.3. The number of piperidine rings is 1. The number of piperazine rings is 1. The Morgan fingerprint density at radius 3 is 2.56 bits per heavy atom. The molecule has 2 heterocycles. The minimum absolute atomic E-state index is 0.118. The molecular formula is C21H34N4O2. The number of ether oxygens (including phenoxy) is 1. The normalized spacial score (nSPS) is 24.0. The Bertz CT molecular complexity index is 575. The quantitative estimate of drug-likeness (QED) is 0.744. The first-order valence-corrected chi connectivity index (χ1v) is 10.2. The highest BCUT2D eigenvalue weighted by Crippen LogP contribution is 2.27. The van der Waals surface area contributed by atoms with Crippen LogP contribution in [0, 0.1) is 0 Å². The third-order valence-corrected chi connectivity index (χ3v) is 5.99. The number of amides is 1. The first-order valence-electron chi connectivity index (χ1n) is 10.2. The average molecular weight is 375 g/mol. The van der Waals surface area contributed by atoms with Gasteiger partial charge in [-0.3, -0.25) is 19.5 Å². The van der Waals surface area contributed by atoms with E-state index in [9.17, 15) is 4.79 Å². The lowest BCUT2D eigenvalue weighted by Gasteiger charge is -2.43. The van der Waals surface area contributed by atoms with Crippen LogP contribution >= 0.6 is 0 Å². The van der Waals surface area contributed by atoms with Crippen LogP contribution in [0.1, 0.15) is 30.9 Å². The number of hydrogen-bond acceptors (Lipinski definition) is 5. The van der Waals surface area contributed by atoms with Crippen LogP contribution < -0.4 is 5.73 Å². The van der Waals surface area contributed by atoms with Crippen LogP contribution in [0.5, 0.6) is 0 Å². The van der Waals surface area contributed by atoms with Crippen molar-refractivity contribution in [1.82, 2.24) is 14.7 Å². The molecule has 1 aromatic carbocycles. The van der Waals surface area contributed by atoms with Gasteiger partial charge in [0.1, 0.15) is 0 Å². The number of nitrogens with zero attached hydrogens (tertiary/aromatic N) is 3. The molecule has 0 saturated carbocycles. The predicted molar refractivity (Wildman–Crippen MR) is 107 cm³/mol. The molecule has 6 nitrogen and oxygen atoms in total. The van der Waals surface area contributed by atoms with E-state index in [4.69, 9.17) is 10.5 Å². The van der Waals surface area contributed by atoms with E-state index in [2.05, 4.69) is 45.0 Å². The number of nitrogens with two attached hydrogens (primary N) is 1. The Morgan fingerprint density at radius 1 is 1.15 bits per heavy atom. The van der Waals surface area contributed by atoms with Gasteiger partial charge in [-0.05, 0) is 24.9 Å². The lowest BCUT2D eigenvalue weighted by Crippen LogP contribution is -2.53. The molecule has 0 aliphatic carbocycles. The molecule has 1 amide bonds. The summed E-state index contributed by atoms with van der Waals surface area (Å²) >= 11 is 0. The van der Waals surface area contributed by atoms with Crippen LogP contribution in [-0.2, 0) is 9.53 Å². The van der Waals surface area contributed by atoms with E-state index in [0.717, 1.165) is 71.7 Å². The van der Waals surface area contributed by atoms with Crippen molar-refractivity contribution in [2.75, 3.05) is 59.5 Å². The molecule has 0 radical (unpaired) electrons. The van der Waals surface area contributed by atoms with Gasteiger partial charge >= 0.3 is 0 Å². The van der Waals surface area contributed by atoms with Crippen molar-refractivity contribution in [1.29, 1.82) is 0 Å². The van der Waals surface area contributed by atoms with Crippen molar-refractivity contribution in [3.63, 3.8) is 0 Å². The first kappa shape index (κ1) is 20.3. The topological polar surface area (TPSA) is 62.0 Å². The number of carbonyl (C=O) groups excluding carboxylic acids is 1. The van der Waals surface area contributed by atoms with Crippen LogP contribution in [0.2, 0.25) is 0 Å². The van der Waals surface area contributed by atoms with Gasteiger partial charge in [-0.2, -0.15) is 0 Å². The van der Waals surface area contributed by atoms with Gasteiger partial charge in [0.05, 0.1) is 12.6 Å². The molecular weight excluding hydrogens is 340 g/mol. The summed E-state index contributed by atoms with van der Waals surface area (Å²) in [6.07, 6.45) is 3.13. The van der Waals surface area contributed by atoms with Gasteiger partial charge in [-0.1, -0.05) is 36.8 Å². The summed E-state index contributed by atoms with van der Waals surface area (Å²) < 4.78 is 5.22. The molecule has 1 aromatic rings. The molecule has 2 aliphatic heterocycles. The van der Waals surface area contributed by atoms with Gasteiger partial charge in [0.15, 0.2) is 0 Å². The highest BCUT2D eigenvalue weighted by Gasteiger charge is 2.32. The standard InChI is InChI=1S/C21H34N4O2/c1-27-16-15-23-11-13-24(14-12-23)20(18-7-3-2-4-8-18)17-25-10-6-5-9-19(25)21(22)26/h2-4,7-8,19-20H,5-6,9-17H2,1H3,(H2,22,26). The third-order valence-electron chi connectivity index (χ3n) is 5.99. The number of primary amides is 1. The van der Waals surface area contributed by atoms with Crippen molar-refractivity contribution >= 4 is 5.91 Å². The van der Waals surface area contributed by atoms with E-state index in [1.165, 1.54) is 5.56 Å². The van der Waals surface area contributed by atoms with Gasteiger partial charge < -0.3 is 10.5 Å². The molecule has 2 aliphatic rings. The van der Waals surface area contributed by atoms with E-state index in [1.807, 2.05) is 0 Å². The second-order valence-electron chi connectivity index (χ2n) is 7.71. The largest absolute Gasteiger partial charge is 0.383 e. The van der Waals surface area contributed by atoms with Crippen molar-refractivity contribution in [2.24, 2.45) is 5.73 Å². The zero-order valence-electron chi connectivity index (χ0n) is 16.6. The van der Waals surface area contributed by atoms with Gasteiger partial charge in [-0.25, -0.2) is 0 Å².